The van der Waals surface area contributed by atoms with Gasteiger partial charge in [0.15, 0.2) is 0 Å². The summed E-state index contributed by atoms with van der Waals surface area (Å²) in [5.41, 5.74) is 8.19. The number of benzene rings is 2. The molecule has 0 saturated carbocycles. The van der Waals surface area contributed by atoms with E-state index in [1.54, 1.807) is 36.4 Å². The first-order valence-electron chi connectivity index (χ1n) is 8.46. The second kappa shape index (κ2) is 6.18. The van der Waals surface area contributed by atoms with Crippen molar-refractivity contribution in [2.75, 3.05) is 22.1 Å². The molecule has 7 nitrogen and oxygen atoms in total. The fourth-order valence-electron chi connectivity index (χ4n) is 3.49. The summed E-state index contributed by atoms with van der Waals surface area (Å²) in [4.78, 5) is 37.9. The van der Waals surface area contributed by atoms with Crippen LogP contribution in [0.1, 0.15) is 33.6 Å². The Kier molecular flexibility index (Phi) is 3.84. The van der Waals surface area contributed by atoms with Crippen LogP contribution in [0.3, 0.4) is 0 Å². The summed E-state index contributed by atoms with van der Waals surface area (Å²) in [6.07, 6.45) is 1.84. The number of amides is 3. The number of rotatable bonds is 3. The van der Waals surface area contributed by atoms with Gasteiger partial charge in [-0.3, -0.25) is 14.4 Å². The van der Waals surface area contributed by atoms with Gasteiger partial charge in [-0.05, 0) is 55.3 Å². The molecule has 4 rings (SSSR count). The van der Waals surface area contributed by atoms with Crippen molar-refractivity contribution in [3.05, 3.63) is 53.6 Å². The van der Waals surface area contributed by atoms with Crippen LogP contribution in [0.15, 0.2) is 42.5 Å². The lowest BCUT2D eigenvalue weighted by Gasteiger charge is -2.33. The quantitative estimate of drug-likeness (QED) is 0.787. The summed E-state index contributed by atoms with van der Waals surface area (Å²) in [6, 6.07) is 11.6. The van der Waals surface area contributed by atoms with Gasteiger partial charge in [0.05, 0.1) is 11.4 Å². The zero-order chi connectivity index (χ0) is 18.3. The number of carbonyl (C=O) groups is 3. The van der Waals surface area contributed by atoms with Crippen LogP contribution in [0.5, 0.6) is 0 Å². The van der Waals surface area contributed by atoms with Gasteiger partial charge in [0.2, 0.25) is 11.8 Å². The molecule has 7 heteroatoms. The third-order valence-corrected chi connectivity index (χ3v) is 4.81. The number of fused-ring (bicyclic) bond motifs is 3. The molecule has 2 aliphatic rings. The van der Waals surface area contributed by atoms with Gasteiger partial charge in [-0.25, -0.2) is 0 Å². The minimum absolute atomic E-state index is 0.0189. The van der Waals surface area contributed by atoms with E-state index in [0.717, 1.165) is 25.1 Å². The third kappa shape index (κ3) is 2.77. The molecule has 2 heterocycles. The molecule has 1 fully saturated rings. The number of hydrogen-bond donors (Lipinski definition) is 3. The standard InChI is InChI=1S/C19H18N4O3/c20-17(24)11-3-6-13(7-4-11)21-18(25)12-5-8-15-14(10-12)22-19(26)16-2-1-9-23(15)16/h3-8,10,16H,1-2,9H2,(H2,20,24)(H,21,25)(H,22,26)/t16-/m1/s1. The zero-order valence-electron chi connectivity index (χ0n) is 14.0. The highest BCUT2D eigenvalue weighted by Crippen LogP contribution is 2.37. The van der Waals surface area contributed by atoms with E-state index in [-0.39, 0.29) is 17.9 Å². The lowest BCUT2D eigenvalue weighted by atomic mass is 10.1. The van der Waals surface area contributed by atoms with Gasteiger partial charge in [0.1, 0.15) is 6.04 Å². The maximum absolute atomic E-state index is 12.5. The number of nitrogens with one attached hydrogen (secondary N) is 2. The molecule has 0 spiro atoms. The molecule has 0 radical (unpaired) electrons. The van der Waals surface area contributed by atoms with Crippen LogP contribution < -0.4 is 21.3 Å². The van der Waals surface area contributed by atoms with E-state index in [1.807, 2.05) is 6.07 Å². The van der Waals surface area contributed by atoms with Gasteiger partial charge < -0.3 is 21.3 Å². The number of nitrogens with two attached hydrogens (primary N) is 1. The largest absolute Gasteiger partial charge is 0.366 e. The van der Waals surface area contributed by atoms with Gasteiger partial charge in [-0.1, -0.05) is 0 Å². The Bertz CT molecular complexity index is 908. The van der Waals surface area contributed by atoms with E-state index >= 15 is 0 Å². The predicted octanol–water partition coefficient (Wildman–Crippen LogP) is 1.96. The number of primary amides is 1. The summed E-state index contributed by atoms with van der Waals surface area (Å²) in [7, 11) is 0. The van der Waals surface area contributed by atoms with Gasteiger partial charge >= 0.3 is 0 Å². The number of nitrogens with zero attached hydrogens (tertiary/aromatic N) is 1. The Hall–Kier alpha value is -3.35. The lowest BCUT2D eigenvalue weighted by molar-refractivity contribution is -0.117. The monoisotopic (exact) mass is 350 g/mol. The maximum Gasteiger partial charge on any atom is 0.255 e. The van der Waals surface area contributed by atoms with Gasteiger partial charge in [-0.15, -0.1) is 0 Å². The average molecular weight is 350 g/mol. The Morgan fingerprint density at radius 1 is 1.12 bits per heavy atom. The molecule has 26 heavy (non-hydrogen) atoms. The highest BCUT2D eigenvalue weighted by atomic mass is 16.2. The molecule has 1 saturated heterocycles. The Morgan fingerprint density at radius 2 is 1.85 bits per heavy atom. The van der Waals surface area contributed by atoms with Crippen molar-refractivity contribution in [3.8, 4) is 0 Å². The van der Waals surface area contributed by atoms with E-state index in [0.29, 0.717) is 22.5 Å². The van der Waals surface area contributed by atoms with Crippen LogP contribution in [0.25, 0.3) is 0 Å². The van der Waals surface area contributed by atoms with Crippen molar-refractivity contribution < 1.29 is 14.4 Å². The first-order chi connectivity index (χ1) is 12.5. The molecule has 132 valence electrons. The zero-order valence-corrected chi connectivity index (χ0v) is 14.0. The summed E-state index contributed by atoms with van der Waals surface area (Å²) >= 11 is 0. The summed E-state index contributed by atoms with van der Waals surface area (Å²) in [5.74, 6) is -0.833. The van der Waals surface area contributed by atoms with E-state index in [9.17, 15) is 14.4 Å². The second-order valence-electron chi connectivity index (χ2n) is 6.47. The van der Waals surface area contributed by atoms with Crippen molar-refractivity contribution in [2.24, 2.45) is 5.73 Å². The fourth-order valence-corrected chi connectivity index (χ4v) is 3.49. The molecular formula is C19H18N4O3. The van der Waals surface area contributed by atoms with Crippen molar-refractivity contribution in [1.82, 2.24) is 0 Å². The Labute approximate surface area is 150 Å². The van der Waals surface area contributed by atoms with Crippen LogP contribution in [-0.2, 0) is 4.79 Å². The maximum atomic E-state index is 12.5. The molecule has 2 aliphatic heterocycles. The van der Waals surface area contributed by atoms with Gasteiger partial charge in [0, 0.05) is 23.4 Å². The third-order valence-electron chi connectivity index (χ3n) is 4.81. The van der Waals surface area contributed by atoms with E-state index < -0.39 is 5.91 Å². The summed E-state index contributed by atoms with van der Waals surface area (Å²) < 4.78 is 0. The van der Waals surface area contributed by atoms with Gasteiger partial charge in [-0.2, -0.15) is 0 Å². The van der Waals surface area contributed by atoms with Crippen molar-refractivity contribution in [1.29, 1.82) is 0 Å². The Balaban J connectivity index is 1.55. The Morgan fingerprint density at radius 3 is 2.58 bits per heavy atom. The highest BCUT2D eigenvalue weighted by molar-refractivity contribution is 6.09. The summed E-state index contributed by atoms with van der Waals surface area (Å²) in [5, 5.41) is 5.67. The topological polar surface area (TPSA) is 105 Å². The smallest absolute Gasteiger partial charge is 0.255 e. The highest BCUT2D eigenvalue weighted by Gasteiger charge is 2.36. The molecule has 2 aromatic carbocycles. The number of anilines is 3. The average Bonchev–Trinajstić information content (AvgIpc) is 3.12. The van der Waals surface area contributed by atoms with Crippen LogP contribution >= 0.6 is 0 Å². The van der Waals surface area contributed by atoms with Crippen molar-refractivity contribution in [2.45, 2.75) is 18.9 Å². The van der Waals surface area contributed by atoms with E-state index in [2.05, 4.69) is 15.5 Å². The molecule has 2 aromatic rings. The van der Waals surface area contributed by atoms with Crippen LogP contribution in [0, 0.1) is 0 Å². The molecule has 4 N–H and O–H groups in total. The molecule has 0 aromatic heterocycles. The van der Waals surface area contributed by atoms with Crippen LogP contribution in [0.2, 0.25) is 0 Å². The lowest BCUT2D eigenvalue weighted by Crippen LogP contribution is -2.43. The van der Waals surface area contributed by atoms with Gasteiger partial charge in [0.25, 0.3) is 5.91 Å². The molecule has 1 atom stereocenters. The first kappa shape index (κ1) is 16.1. The normalized spacial score (nSPS) is 17.9. The molecule has 0 aliphatic carbocycles. The van der Waals surface area contributed by atoms with Crippen LogP contribution in [-0.4, -0.2) is 30.3 Å². The SMILES string of the molecule is NC(=O)c1ccc(NC(=O)c2ccc3c(c2)NC(=O)[C@H]2CCCN32)cc1. The van der Waals surface area contributed by atoms with Crippen LogP contribution in [0.4, 0.5) is 17.1 Å². The fraction of sp³-hybridized carbons (Fsp3) is 0.211. The number of hydrogen-bond acceptors (Lipinski definition) is 4. The minimum atomic E-state index is -0.520. The molecule has 0 unspecified atom stereocenters. The molecule has 0 bridgehead atoms. The number of carbonyl (C=O) groups excluding carboxylic acids is 3. The predicted molar refractivity (Wildman–Crippen MR) is 98.4 cm³/mol. The first-order valence-corrected chi connectivity index (χ1v) is 8.46. The van der Waals surface area contributed by atoms with E-state index in [1.165, 1.54) is 0 Å². The second-order valence-corrected chi connectivity index (χ2v) is 6.47. The molecule has 3 amide bonds. The minimum Gasteiger partial charge on any atom is -0.366 e. The van der Waals surface area contributed by atoms with Crippen molar-refractivity contribution >= 4 is 34.8 Å². The summed E-state index contributed by atoms with van der Waals surface area (Å²) in [6.45, 7) is 0.850. The molecular weight excluding hydrogens is 332 g/mol. The van der Waals surface area contributed by atoms with Crippen molar-refractivity contribution in [3.63, 3.8) is 0 Å². The van der Waals surface area contributed by atoms with E-state index in [4.69, 9.17) is 5.73 Å².